The number of amides is 1. The zero-order valence-corrected chi connectivity index (χ0v) is 10.6. The summed E-state index contributed by atoms with van der Waals surface area (Å²) in [6.07, 6.45) is 2.19. The second-order valence-electron chi connectivity index (χ2n) is 3.89. The first-order valence-electron chi connectivity index (χ1n) is 5.54. The van der Waals surface area contributed by atoms with Gasteiger partial charge in [0.05, 0.1) is 7.11 Å². The summed E-state index contributed by atoms with van der Waals surface area (Å²) in [5.74, 6) is 0.745. The number of nitrogens with one attached hydrogen (secondary N) is 1. The number of hydrogen-bond acceptors (Lipinski definition) is 4. The summed E-state index contributed by atoms with van der Waals surface area (Å²) in [6, 6.07) is 3.82. The molecule has 1 aromatic rings. The Balaban J connectivity index is 2.33. The third-order valence-electron chi connectivity index (χ3n) is 2.37. The van der Waals surface area contributed by atoms with E-state index in [0.717, 1.165) is 5.56 Å². The first-order valence-corrected chi connectivity index (χ1v) is 5.54. The molecule has 17 heavy (non-hydrogen) atoms. The van der Waals surface area contributed by atoms with Crippen molar-refractivity contribution >= 4 is 5.91 Å². The Bertz CT molecular complexity index is 367. The maximum atomic E-state index is 11.3. The fourth-order valence-corrected chi connectivity index (χ4v) is 1.38. The molecular weight excluding hydrogens is 218 g/mol. The molecule has 0 aliphatic heterocycles. The van der Waals surface area contributed by atoms with Gasteiger partial charge in [0, 0.05) is 45.4 Å². The molecule has 1 rings (SSSR count). The molecule has 0 aromatic carbocycles. The molecule has 0 saturated carbocycles. The smallest absolute Gasteiger partial charge is 0.223 e. The zero-order valence-electron chi connectivity index (χ0n) is 10.6. The van der Waals surface area contributed by atoms with Crippen molar-refractivity contribution in [3.05, 3.63) is 23.9 Å². The number of rotatable bonds is 6. The average Bonchev–Trinajstić information content (AvgIpc) is 2.34. The molecule has 0 saturated heterocycles. The quantitative estimate of drug-likeness (QED) is 0.738. The lowest BCUT2D eigenvalue weighted by molar-refractivity contribution is -0.128. The highest BCUT2D eigenvalue weighted by atomic mass is 16.5. The van der Waals surface area contributed by atoms with E-state index >= 15 is 0 Å². The number of ether oxygens (including phenoxy) is 1. The lowest BCUT2D eigenvalue weighted by Gasteiger charge is -2.11. The minimum absolute atomic E-state index is 0.121. The van der Waals surface area contributed by atoms with E-state index in [9.17, 15) is 4.79 Å². The topological polar surface area (TPSA) is 54.5 Å². The van der Waals surface area contributed by atoms with Crippen LogP contribution in [0, 0.1) is 0 Å². The largest absolute Gasteiger partial charge is 0.481 e. The molecule has 0 fully saturated rings. The second-order valence-corrected chi connectivity index (χ2v) is 3.89. The minimum Gasteiger partial charge on any atom is -0.481 e. The number of methoxy groups -OCH3 is 1. The van der Waals surface area contributed by atoms with Gasteiger partial charge in [-0.05, 0) is 6.07 Å². The molecule has 5 nitrogen and oxygen atoms in total. The van der Waals surface area contributed by atoms with Gasteiger partial charge in [0.2, 0.25) is 11.8 Å². The molecule has 0 unspecified atom stereocenters. The lowest BCUT2D eigenvalue weighted by atomic mass is 10.2. The zero-order chi connectivity index (χ0) is 12.7. The number of carbonyl (C=O) groups is 1. The van der Waals surface area contributed by atoms with Crippen LogP contribution in [0.1, 0.15) is 12.0 Å². The number of hydrogen-bond donors (Lipinski definition) is 1. The summed E-state index contributed by atoms with van der Waals surface area (Å²) in [5.41, 5.74) is 0.993. The lowest BCUT2D eigenvalue weighted by Crippen LogP contribution is -2.26. The normalized spacial score (nSPS) is 10.1. The Labute approximate surface area is 102 Å². The maximum Gasteiger partial charge on any atom is 0.223 e. The van der Waals surface area contributed by atoms with Crippen LogP contribution in [0.5, 0.6) is 5.88 Å². The van der Waals surface area contributed by atoms with Crippen LogP contribution in [0.3, 0.4) is 0 Å². The summed E-state index contributed by atoms with van der Waals surface area (Å²) < 4.78 is 5.14. The van der Waals surface area contributed by atoms with Crippen molar-refractivity contribution in [1.82, 2.24) is 15.2 Å². The van der Waals surface area contributed by atoms with Crippen LogP contribution in [-0.4, -0.2) is 43.5 Å². The van der Waals surface area contributed by atoms with Crippen LogP contribution in [0.15, 0.2) is 18.3 Å². The van der Waals surface area contributed by atoms with Crippen molar-refractivity contribution < 1.29 is 9.53 Å². The Morgan fingerprint density at radius 1 is 1.53 bits per heavy atom. The molecule has 1 aromatic heterocycles. The summed E-state index contributed by atoms with van der Waals surface area (Å²) >= 11 is 0. The first-order chi connectivity index (χ1) is 8.15. The summed E-state index contributed by atoms with van der Waals surface area (Å²) in [4.78, 5) is 17.0. The Morgan fingerprint density at radius 2 is 2.29 bits per heavy atom. The molecule has 0 spiro atoms. The summed E-state index contributed by atoms with van der Waals surface area (Å²) in [5, 5.41) is 3.19. The van der Waals surface area contributed by atoms with Gasteiger partial charge in [-0.1, -0.05) is 6.07 Å². The van der Waals surface area contributed by atoms with Gasteiger partial charge in [0.15, 0.2) is 0 Å². The molecule has 0 radical (unpaired) electrons. The van der Waals surface area contributed by atoms with Gasteiger partial charge in [0.25, 0.3) is 0 Å². The highest BCUT2D eigenvalue weighted by Gasteiger charge is 2.05. The number of carbonyl (C=O) groups excluding carboxylic acids is 1. The molecule has 94 valence electrons. The third kappa shape index (κ3) is 4.40. The van der Waals surface area contributed by atoms with Gasteiger partial charge in [-0.15, -0.1) is 0 Å². The Morgan fingerprint density at radius 3 is 2.94 bits per heavy atom. The fourth-order valence-electron chi connectivity index (χ4n) is 1.38. The van der Waals surface area contributed by atoms with Gasteiger partial charge < -0.3 is 15.0 Å². The van der Waals surface area contributed by atoms with Crippen LogP contribution in [0.25, 0.3) is 0 Å². The van der Waals surface area contributed by atoms with Gasteiger partial charge in [-0.2, -0.15) is 0 Å². The van der Waals surface area contributed by atoms with E-state index < -0.39 is 0 Å². The molecule has 1 N–H and O–H groups in total. The van der Waals surface area contributed by atoms with Crippen LogP contribution < -0.4 is 10.1 Å². The monoisotopic (exact) mass is 237 g/mol. The van der Waals surface area contributed by atoms with Gasteiger partial charge in [-0.3, -0.25) is 4.79 Å². The summed E-state index contributed by atoms with van der Waals surface area (Å²) in [7, 11) is 5.11. The molecular formula is C12H19N3O2. The van der Waals surface area contributed by atoms with Crippen molar-refractivity contribution in [3.63, 3.8) is 0 Å². The van der Waals surface area contributed by atoms with E-state index in [-0.39, 0.29) is 5.91 Å². The second kappa shape index (κ2) is 6.85. The number of aromatic nitrogens is 1. The number of pyridine rings is 1. The maximum absolute atomic E-state index is 11.3. The number of nitrogens with zero attached hydrogens (tertiary/aromatic N) is 2. The van der Waals surface area contributed by atoms with Crippen LogP contribution >= 0.6 is 0 Å². The first kappa shape index (κ1) is 13.4. The summed E-state index contributed by atoms with van der Waals surface area (Å²) in [6.45, 7) is 1.30. The van der Waals surface area contributed by atoms with Crippen molar-refractivity contribution in [2.45, 2.75) is 13.0 Å². The Kier molecular flexibility index (Phi) is 5.42. The highest BCUT2D eigenvalue weighted by Crippen LogP contribution is 2.12. The Hall–Kier alpha value is -1.62. The van der Waals surface area contributed by atoms with E-state index in [1.165, 1.54) is 0 Å². The van der Waals surface area contributed by atoms with E-state index in [1.54, 1.807) is 32.3 Å². The minimum atomic E-state index is 0.121. The standard InChI is InChI=1S/C12H19N3O2/c1-15(2)11(16)6-8-13-9-10-5-4-7-14-12(10)17-3/h4-5,7,13H,6,8-9H2,1-3H3. The van der Waals surface area contributed by atoms with Crippen LogP contribution in [-0.2, 0) is 11.3 Å². The van der Waals surface area contributed by atoms with Crippen LogP contribution in [0.2, 0.25) is 0 Å². The van der Waals surface area contributed by atoms with E-state index in [4.69, 9.17) is 4.74 Å². The predicted molar refractivity (Wildman–Crippen MR) is 65.8 cm³/mol. The molecule has 0 atom stereocenters. The van der Waals surface area contributed by atoms with Gasteiger partial charge in [-0.25, -0.2) is 4.98 Å². The molecule has 1 amide bonds. The van der Waals surface area contributed by atoms with Crippen molar-refractivity contribution in [1.29, 1.82) is 0 Å². The highest BCUT2D eigenvalue weighted by molar-refractivity contribution is 5.75. The SMILES string of the molecule is COc1ncccc1CNCCC(=O)N(C)C. The van der Waals surface area contributed by atoms with Crippen molar-refractivity contribution in [2.75, 3.05) is 27.7 Å². The molecule has 0 aliphatic carbocycles. The van der Waals surface area contributed by atoms with E-state index in [1.807, 2.05) is 12.1 Å². The fraction of sp³-hybridized carbons (Fsp3) is 0.500. The average molecular weight is 237 g/mol. The van der Waals surface area contributed by atoms with Crippen LogP contribution in [0.4, 0.5) is 0 Å². The molecule has 5 heteroatoms. The van der Waals surface area contributed by atoms with E-state index in [2.05, 4.69) is 10.3 Å². The predicted octanol–water partition coefficient (Wildman–Crippen LogP) is 0.658. The molecule has 0 bridgehead atoms. The van der Waals surface area contributed by atoms with Gasteiger partial charge >= 0.3 is 0 Å². The third-order valence-corrected chi connectivity index (χ3v) is 2.37. The van der Waals surface area contributed by atoms with Crippen molar-refractivity contribution in [3.8, 4) is 5.88 Å². The van der Waals surface area contributed by atoms with Crippen molar-refractivity contribution in [2.24, 2.45) is 0 Å². The van der Waals surface area contributed by atoms with E-state index in [0.29, 0.717) is 25.4 Å². The molecule has 1 heterocycles. The van der Waals surface area contributed by atoms with Gasteiger partial charge in [0.1, 0.15) is 0 Å². The molecule has 0 aliphatic rings.